The van der Waals surface area contributed by atoms with Crippen molar-refractivity contribution in [2.24, 2.45) is 0 Å². The third-order valence-electron chi connectivity index (χ3n) is 2.57. The SMILES string of the molecule is Nc1ccc(C(=O)ONC2CCC2)cc1. The van der Waals surface area contributed by atoms with E-state index in [0.29, 0.717) is 17.3 Å². The average molecular weight is 206 g/mol. The fourth-order valence-corrected chi connectivity index (χ4v) is 1.34. The summed E-state index contributed by atoms with van der Waals surface area (Å²) >= 11 is 0. The molecule has 3 N–H and O–H groups in total. The van der Waals surface area contributed by atoms with Crippen molar-refractivity contribution in [3.05, 3.63) is 29.8 Å². The molecule has 0 saturated heterocycles. The second kappa shape index (κ2) is 4.31. The Morgan fingerprint density at radius 1 is 1.33 bits per heavy atom. The fraction of sp³-hybridized carbons (Fsp3) is 0.364. The van der Waals surface area contributed by atoms with Crippen molar-refractivity contribution in [2.75, 3.05) is 5.73 Å². The van der Waals surface area contributed by atoms with E-state index >= 15 is 0 Å². The van der Waals surface area contributed by atoms with Crippen LogP contribution >= 0.6 is 0 Å². The van der Waals surface area contributed by atoms with Gasteiger partial charge in [0.25, 0.3) is 0 Å². The second-order valence-corrected chi connectivity index (χ2v) is 3.76. The molecular weight excluding hydrogens is 192 g/mol. The lowest BCUT2D eigenvalue weighted by Gasteiger charge is -2.25. The van der Waals surface area contributed by atoms with E-state index in [1.54, 1.807) is 24.3 Å². The molecule has 4 nitrogen and oxygen atoms in total. The summed E-state index contributed by atoms with van der Waals surface area (Å²) in [7, 11) is 0. The number of nitrogens with two attached hydrogens (primary N) is 1. The van der Waals surface area contributed by atoms with Crippen molar-refractivity contribution in [3.8, 4) is 0 Å². The number of hydrogen-bond donors (Lipinski definition) is 2. The molecular formula is C11H14N2O2. The summed E-state index contributed by atoms with van der Waals surface area (Å²) in [5.41, 5.74) is 9.41. The van der Waals surface area contributed by atoms with Crippen LogP contribution in [0.4, 0.5) is 5.69 Å². The quantitative estimate of drug-likeness (QED) is 0.581. The molecule has 0 amide bonds. The van der Waals surface area contributed by atoms with Gasteiger partial charge in [-0.15, -0.1) is 5.48 Å². The number of carbonyl (C=O) groups excluding carboxylic acids is 1. The molecule has 0 unspecified atom stereocenters. The van der Waals surface area contributed by atoms with Gasteiger partial charge in [0.1, 0.15) is 0 Å². The minimum Gasteiger partial charge on any atom is -0.399 e. The Labute approximate surface area is 88.4 Å². The van der Waals surface area contributed by atoms with Crippen LogP contribution in [-0.4, -0.2) is 12.0 Å². The van der Waals surface area contributed by atoms with Crippen molar-refractivity contribution >= 4 is 11.7 Å². The molecule has 0 radical (unpaired) electrons. The lowest BCUT2D eigenvalue weighted by Crippen LogP contribution is -2.36. The lowest BCUT2D eigenvalue weighted by molar-refractivity contribution is 0.00592. The summed E-state index contributed by atoms with van der Waals surface area (Å²) in [6.07, 6.45) is 3.36. The number of nitrogen functional groups attached to an aromatic ring is 1. The standard InChI is InChI=1S/C11H14N2O2/c12-9-6-4-8(5-7-9)11(14)15-13-10-2-1-3-10/h4-7,10,13H,1-3,12H2. The van der Waals surface area contributed by atoms with E-state index in [0.717, 1.165) is 12.8 Å². The van der Waals surface area contributed by atoms with Gasteiger partial charge < -0.3 is 10.6 Å². The Morgan fingerprint density at radius 3 is 2.53 bits per heavy atom. The lowest BCUT2D eigenvalue weighted by atomic mass is 9.94. The van der Waals surface area contributed by atoms with Crippen molar-refractivity contribution in [3.63, 3.8) is 0 Å². The van der Waals surface area contributed by atoms with Crippen LogP contribution in [0.3, 0.4) is 0 Å². The Kier molecular flexibility index (Phi) is 2.87. The summed E-state index contributed by atoms with van der Waals surface area (Å²) in [6.45, 7) is 0. The maximum absolute atomic E-state index is 11.5. The zero-order valence-corrected chi connectivity index (χ0v) is 8.40. The maximum atomic E-state index is 11.5. The number of benzene rings is 1. The summed E-state index contributed by atoms with van der Waals surface area (Å²) in [6, 6.07) is 7.00. The molecule has 1 aliphatic carbocycles. The molecule has 4 heteroatoms. The Balaban J connectivity index is 1.86. The van der Waals surface area contributed by atoms with E-state index in [-0.39, 0.29) is 5.97 Å². The molecule has 1 aromatic rings. The normalized spacial score (nSPS) is 15.7. The third-order valence-corrected chi connectivity index (χ3v) is 2.57. The second-order valence-electron chi connectivity index (χ2n) is 3.76. The van der Waals surface area contributed by atoms with Crippen LogP contribution in [0.2, 0.25) is 0 Å². The smallest absolute Gasteiger partial charge is 0.356 e. The fourth-order valence-electron chi connectivity index (χ4n) is 1.34. The van der Waals surface area contributed by atoms with Crippen LogP contribution in [0.5, 0.6) is 0 Å². The first-order valence-corrected chi connectivity index (χ1v) is 5.08. The molecule has 80 valence electrons. The number of hydrogen-bond acceptors (Lipinski definition) is 4. The molecule has 1 aliphatic rings. The van der Waals surface area contributed by atoms with Crippen molar-refractivity contribution in [1.29, 1.82) is 0 Å². The maximum Gasteiger partial charge on any atom is 0.356 e. The van der Waals surface area contributed by atoms with Gasteiger partial charge in [-0.1, -0.05) is 6.42 Å². The highest BCUT2D eigenvalue weighted by Crippen LogP contribution is 2.18. The minimum atomic E-state index is -0.359. The largest absolute Gasteiger partial charge is 0.399 e. The highest BCUT2D eigenvalue weighted by Gasteiger charge is 2.19. The first-order valence-electron chi connectivity index (χ1n) is 5.08. The van der Waals surface area contributed by atoms with Gasteiger partial charge >= 0.3 is 5.97 Å². The molecule has 0 atom stereocenters. The first kappa shape index (κ1) is 9.98. The van der Waals surface area contributed by atoms with Gasteiger partial charge in [-0.25, -0.2) is 4.79 Å². The van der Waals surface area contributed by atoms with Gasteiger partial charge in [-0.2, -0.15) is 0 Å². The molecule has 1 aromatic carbocycles. The summed E-state index contributed by atoms with van der Waals surface area (Å²) < 4.78 is 0. The number of carbonyl (C=O) groups is 1. The van der Waals surface area contributed by atoms with Gasteiger partial charge in [-0.05, 0) is 37.1 Å². The first-order chi connectivity index (χ1) is 7.25. The Morgan fingerprint density at radius 2 is 2.00 bits per heavy atom. The molecule has 0 aliphatic heterocycles. The third kappa shape index (κ3) is 2.47. The highest BCUT2D eigenvalue weighted by atomic mass is 16.7. The summed E-state index contributed by atoms with van der Waals surface area (Å²) in [5, 5.41) is 0. The monoisotopic (exact) mass is 206 g/mol. The number of anilines is 1. The average Bonchev–Trinajstić information content (AvgIpc) is 2.16. The zero-order chi connectivity index (χ0) is 10.7. The van der Waals surface area contributed by atoms with E-state index in [4.69, 9.17) is 10.6 Å². The van der Waals surface area contributed by atoms with Gasteiger partial charge in [0.05, 0.1) is 5.56 Å². The zero-order valence-electron chi connectivity index (χ0n) is 8.40. The topological polar surface area (TPSA) is 64.4 Å². The Hall–Kier alpha value is -1.55. The molecule has 1 saturated carbocycles. The van der Waals surface area contributed by atoms with E-state index in [2.05, 4.69) is 5.48 Å². The van der Waals surface area contributed by atoms with Crippen molar-refractivity contribution in [2.45, 2.75) is 25.3 Å². The number of hydroxylamine groups is 1. The van der Waals surface area contributed by atoms with Crippen LogP contribution in [0.25, 0.3) is 0 Å². The minimum absolute atomic E-state index is 0.336. The number of nitrogens with one attached hydrogen (secondary N) is 1. The van der Waals surface area contributed by atoms with Gasteiger partial charge in [-0.3, -0.25) is 0 Å². The van der Waals surface area contributed by atoms with Gasteiger partial charge in [0.15, 0.2) is 0 Å². The van der Waals surface area contributed by atoms with E-state index in [1.165, 1.54) is 6.42 Å². The van der Waals surface area contributed by atoms with Gasteiger partial charge in [0, 0.05) is 11.7 Å². The molecule has 2 rings (SSSR count). The predicted molar refractivity (Wildman–Crippen MR) is 57.0 cm³/mol. The number of rotatable bonds is 3. The predicted octanol–water partition coefficient (Wildman–Crippen LogP) is 1.48. The van der Waals surface area contributed by atoms with Crippen LogP contribution in [0.15, 0.2) is 24.3 Å². The molecule has 1 fully saturated rings. The van der Waals surface area contributed by atoms with Crippen LogP contribution in [-0.2, 0) is 4.84 Å². The summed E-state index contributed by atoms with van der Waals surface area (Å²) in [4.78, 5) is 16.4. The van der Waals surface area contributed by atoms with Crippen molar-refractivity contribution in [1.82, 2.24) is 5.48 Å². The molecule has 0 heterocycles. The molecule has 0 bridgehead atoms. The molecule has 0 aromatic heterocycles. The van der Waals surface area contributed by atoms with E-state index in [1.807, 2.05) is 0 Å². The van der Waals surface area contributed by atoms with E-state index in [9.17, 15) is 4.79 Å². The van der Waals surface area contributed by atoms with Crippen LogP contribution in [0, 0.1) is 0 Å². The molecule has 15 heavy (non-hydrogen) atoms. The van der Waals surface area contributed by atoms with E-state index < -0.39 is 0 Å². The Bertz CT molecular complexity index is 344. The van der Waals surface area contributed by atoms with Crippen molar-refractivity contribution < 1.29 is 9.63 Å². The van der Waals surface area contributed by atoms with Crippen LogP contribution < -0.4 is 11.2 Å². The highest BCUT2D eigenvalue weighted by molar-refractivity contribution is 5.89. The van der Waals surface area contributed by atoms with Gasteiger partial charge in [0.2, 0.25) is 0 Å². The van der Waals surface area contributed by atoms with Crippen LogP contribution in [0.1, 0.15) is 29.6 Å². The molecule has 0 spiro atoms. The summed E-state index contributed by atoms with van der Waals surface area (Å²) in [5.74, 6) is -0.359.